The highest BCUT2D eigenvalue weighted by atomic mass is 14.2. The second-order valence-electron chi connectivity index (χ2n) is 5.47. The lowest BCUT2D eigenvalue weighted by Crippen LogP contribution is -2.11. The van der Waals surface area contributed by atoms with Gasteiger partial charge in [0, 0.05) is 0 Å². The number of rotatable bonds is 2. The fourth-order valence-corrected chi connectivity index (χ4v) is 2.77. The molecule has 0 amide bonds. The van der Waals surface area contributed by atoms with Crippen LogP contribution in [0, 0.1) is 17.8 Å². The van der Waals surface area contributed by atoms with E-state index in [0.29, 0.717) is 0 Å². The molecule has 0 aliphatic heterocycles. The van der Waals surface area contributed by atoms with Gasteiger partial charge in [-0.05, 0) is 24.2 Å². The molecule has 0 nitrogen and oxygen atoms in total. The van der Waals surface area contributed by atoms with E-state index in [1.165, 1.54) is 51.4 Å². The maximum absolute atomic E-state index is 2.45. The van der Waals surface area contributed by atoms with Crippen molar-refractivity contribution in [1.29, 1.82) is 0 Å². The van der Waals surface area contributed by atoms with Crippen molar-refractivity contribution in [3.8, 4) is 0 Å². The molecule has 2 unspecified atom stereocenters. The number of hydrogen-bond acceptors (Lipinski definition) is 0. The molecule has 84 valence electrons. The Morgan fingerprint density at radius 2 is 1.71 bits per heavy atom. The van der Waals surface area contributed by atoms with Gasteiger partial charge in [0.1, 0.15) is 0 Å². The van der Waals surface area contributed by atoms with Crippen LogP contribution in [-0.2, 0) is 0 Å². The molecule has 1 saturated carbocycles. The molecule has 0 saturated heterocycles. The maximum Gasteiger partial charge on any atom is -0.0388 e. The molecule has 0 spiro atoms. The van der Waals surface area contributed by atoms with E-state index in [2.05, 4.69) is 20.8 Å². The summed E-state index contributed by atoms with van der Waals surface area (Å²) in [6.45, 7) is 7.24. The highest BCUT2D eigenvalue weighted by Gasteiger charge is 2.17. The molecule has 1 rings (SSSR count). The lowest BCUT2D eigenvalue weighted by Gasteiger charge is -2.23. The normalized spacial score (nSPS) is 32.8. The van der Waals surface area contributed by atoms with E-state index < -0.39 is 0 Å². The summed E-state index contributed by atoms with van der Waals surface area (Å²) >= 11 is 0. The molecular formula is C14H28. The smallest absolute Gasteiger partial charge is 0.0388 e. The molecule has 0 aromatic carbocycles. The van der Waals surface area contributed by atoms with Crippen molar-refractivity contribution in [2.45, 2.75) is 72.1 Å². The molecule has 0 N–H and O–H groups in total. The van der Waals surface area contributed by atoms with Crippen molar-refractivity contribution < 1.29 is 0 Å². The van der Waals surface area contributed by atoms with E-state index in [0.717, 1.165) is 17.8 Å². The van der Waals surface area contributed by atoms with Crippen LogP contribution in [0.2, 0.25) is 0 Å². The van der Waals surface area contributed by atoms with Crippen LogP contribution >= 0.6 is 0 Å². The van der Waals surface area contributed by atoms with Crippen LogP contribution in [0.5, 0.6) is 0 Å². The fraction of sp³-hybridized carbons (Fsp3) is 1.00. The lowest BCUT2D eigenvalue weighted by atomic mass is 9.83. The van der Waals surface area contributed by atoms with Crippen molar-refractivity contribution in [1.82, 2.24) is 0 Å². The van der Waals surface area contributed by atoms with Gasteiger partial charge in [-0.25, -0.2) is 0 Å². The van der Waals surface area contributed by atoms with E-state index in [1.807, 2.05) is 0 Å². The average Bonchev–Trinajstić information content (AvgIpc) is 2.29. The van der Waals surface area contributed by atoms with Crippen molar-refractivity contribution in [3.05, 3.63) is 0 Å². The summed E-state index contributed by atoms with van der Waals surface area (Å²) in [6, 6.07) is 0. The molecule has 1 aliphatic carbocycles. The second kappa shape index (κ2) is 6.48. The predicted molar refractivity (Wildman–Crippen MR) is 64.4 cm³/mol. The van der Waals surface area contributed by atoms with Crippen LogP contribution in [0.4, 0.5) is 0 Å². The molecule has 0 aromatic rings. The van der Waals surface area contributed by atoms with Crippen LogP contribution in [0.15, 0.2) is 0 Å². The molecule has 0 heterocycles. The summed E-state index contributed by atoms with van der Waals surface area (Å²) in [5.41, 5.74) is 0. The predicted octanol–water partition coefficient (Wildman–Crippen LogP) is 5.03. The summed E-state index contributed by atoms with van der Waals surface area (Å²) in [4.78, 5) is 0. The summed E-state index contributed by atoms with van der Waals surface area (Å²) in [5.74, 6) is 2.97. The first-order valence-corrected chi connectivity index (χ1v) is 6.74. The zero-order valence-corrected chi connectivity index (χ0v) is 10.4. The summed E-state index contributed by atoms with van der Waals surface area (Å²) in [7, 11) is 0. The molecule has 1 aliphatic rings. The Hall–Kier alpha value is 0. The van der Waals surface area contributed by atoms with Gasteiger partial charge in [0.15, 0.2) is 0 Å². The standard InChI is InChI=1S/C14H28/c1-4-13(3)14-9-7-5-6-8-12(2)10-11-14/h12-14H,4-11H2,1-3H3/t12?,13-,14?/m1/s1. The second-order valence-corrected chi connectivity index (χ2v) is 5.47. The van der Waals surface area contributed by atoms with E-state index in [4.69, 9.17) is 0 Å². The van der Waals surface area contributed by atoms with Crippen molar-refractivity contribution in [3.63, 3.8) is 0 Å². The first-order valence-electron chi connectivity index (χ1n) is 6.74. The summed E-state index contributed by atoms with van der Waals surface area (Å²) < 4.78 is 0. The van der Waals surface area contributed by atoms with Crippen LogP contribution in [0.3, 0.4) is 0 Å². The Morgan fingerprint density at radius 3 is 2.43 bits per heavy atom. The van der Waals surface area contributed by atoms with E-state index in [9.17, 15) is 0 Å². The Balaban J connectivity index is 2.40. The maximum atomic E-state index is 2.45. The van der Waals surface area contributed by atoms with Crippen LogP contribution in [0.1, 0.15) is 72.1 Å². The zero-order valence-electron chi connectivity index (χ0n) is 10.4. The first-order chi connectivity index (χ1) is 6.74. The van der Waals surface area contributed by atoms with Crippen LogP contribution < -0.4 is 0 Å². The third-order valence-electron chi connectivity index (χ3n) is 4.25. The minimum absolute atomic E-state index is 0.959. The van der Waals surface area contributed by atoms with Gasteiger partial charge in [-0.3, -0.25) is 0 Å². The molecule has 0 heteroatoms. The molecule has 0 bridgehead atoms. The summed E-state index contributed by atoms with van der Waals surface area (Å²) in [6.07, 6.45) is 11.8. The molecule has 3 atom stereocenters. The zero-order chi connectivity index (χ0) is 10.4. The molecule has 14 heavy (non-hydrogen) atoms. The molecule has 0 radical (unpaired) electrons. The van der Waals surface area contributed by atoms with Crippen LogP contribution in [0.25, 0.3) is 0 Å². The van der Waals surface area contributed by atoms with Gasteiger partial charge in [-0.15, -0.1) is 0 Å². The van der Waals surface area contributed by atoms with E-state index in [1.54, 1.807) is 0 Å². The average molecular weight is 196 g/mol. The van der Waals surface area contributed by atoms with Gasteiger partial charge in [-0.2, -0.15) is 0 Å². The van der Waals surface area contributed by atoms with Gasteiger partial charge < -0.3 is 0 Å². The quantitative estimate of drug-likeness (QED) is 0.581. The van der Waals surface area contributed by atoms with E-state index >= 15 is 0 Å². The molecule has 0 aromatic heterocycles. The highest BCUT2D eigenvalue weighted by Crippen LogP contribution is 2.30. The third kappa shape index (κ3) is 4.02. The fourth-order valence-electron chi connectivity index (χ4n) is 2.77. The topological polar surface area (TPSA) is 0 Å². The molecular weight excluding hydrogens is 168 g/mol. The van der Waals surface area contributed by atoms with Gasteiger partial charge in [0.2, 0.25) is 0 Å². The lowest BCUT2D eigenvalue weighted by molar-refractivity contribution is 0.285. The SMILES string of the molecule is CC[C@@H](C)C1CCCCCC(C)CC1. The Morgan fingerprint density at radius 1 is 1.00 bits per heavy atom. The minimum atomic E-state index is 0.959. The van der Waals surface area contributed by atoms with E-state index in [-0.39, 0.29) is 0 Å². The van der Waals surface area contributed by atoms with Crippen LogP contribution in [-0.4, -0.2) is 0 Å². The number of hydrogen-bond donors (Lipinski definition) is 0. The largest absolute Gasteiger partial charge is 0.0651 e. The van der Waals surface area contributed by atoms with Gasteiger partial charge >= 0.3 is 0 Å². The van der Waals surface area contributed by atoms with Gasteiger partial charge in [0.25, 0.3) is 0 Å². The Bertz CT molecular complexity index is 139. The van der Waals surface area contributed by atoms with Crippen molar-refractivity contribution in [2.24, 2.45) is 17.8 Å². The third-order valence-corrected chi connectivity index (χ3v) is 4.25. The van der Waals surface area contributed by atoms with Gasteiger partial charge in [-0.1, -0.05) is 65.7 Å². The first kappa shape index (κ1) is 12.1. The minimum Gasteiger partial charge on any atom is -0.0651 e. The van der Waals surface area contributed by atoms with Crippen molar-refractivity contribution >= 4 is 0 Å². The Kier molecular flexibility index (Phi) is 5.59. The molecule has 1 fully saturated rings. The highest BCUT2D eigenvalue weighted by molar-refractivity contribution is 4.69. The van der Waals surface area contributed by atoms with Crippen molar-refractivity contribution in [2.75, 3.05) is 0 Å². The summed E-state index contributed by atoms with van der Waals surface area (Å²) in [5, 5.41) is 0. The Labute approximate surface area is 90.5 Å². The van der Waals surface area contributed by atoms with Gasteiger partial charge in [0.05, 0.1) is 0 Å². The monoisotopic (exact) mass is 196 g/mol.